The van der Waals surface area contributed by atoms with Crippen molar-refractivity contribution in [3.8, 4) is 22.6 Å². The van der Waals surface area contributed by atoms with Crippen LogP contribution in [0.1, 0.15) is 48.9 Å². The average Bonchev–Trinajstić information content (AvgIpc) is 3.51. The summed E-state index contributed by atoms with van der Waals surface area (Å²) in [4.78, 5) is 13.4. The van der Waals surface area contributed by atoms with Gasteiger partial charge in [0.1, 0.15) is 5.78 Å². The number of benzene rings is 3. The number of nitrogens with one attached hydrogen (secondary N) is 1. The standard InChI is InChI=1S/C30H33NO3/c1-20(2)17-31-18-22-6-8-24(9-7-22)26-14-23(5-4-21(26)3)15-29(32)30(12-13-30)25-10-11-27-28(16-25)34-19-33-27/h4-11,14,16,20,31H,12-13,15,17-19H2,1-3H3. The van der Waals surface area contributed by atoms with Crippen molar-refractivity contribution in [3.63, 3.8) is 0 Å². The fourth-order valence-electron chi connectivity index (χ4n) is 4.80. The predicted molar refractivity (Wildman–Crippen MR) is 135 cm³/mol. The molecule has 2 aliphatic rings. The number of hydrogen-bond donors (Lipinski definition) is 1. The van der Waals surface area contributed by atoms with Gasteiger partial charge in [-0.15, -0.1) is 0 Å². The zero-order chi connectivity index (χ0) is 23.7. The van der Waals surface area contributed by atoms with Crippen LogP contribution in [0.15, 0.2) is 60.7 Å². The summed E-state index contributed by atoms with van der Waals surface area (Å²) in [6.45, 7) is 8.72. The third-order valence-corrected chi connectivity index (χ3v) is 7.02. The molecule has 4 heteroatoms. The maximum atomic E-state index is 13.4. The molecular weight excluding hydrogens is 422 g/mol. The first-order valence-corrected chi connectivity index (χ1v) is 12.3. The van der Waals surface area contributed by atoms with Crippen LogP contribution in [0.25, 0.3) is 11.1 Å². The third-order valence-electron chi connectivity index (χ3n) is 7.02. The molecule has 1 fully saturated rings. The highest BCUT2D eigenvalue weighted by molar-refractivity contribution is 5.95. The summed E-state index contributed by atoms with van der Waals surface area (Å²) in [5, 5.41) is 3.50. The molecule has 176 valence electrons. The molecule has 3 aromatic carbocycles. The van der Waals surface area contributed by atoms with Gasteiger partial charge in [0, 0.05) is 13.0 Å². The Morgan fingerprint density at radius 1 is 0.941 bits per heavy atom. The van der Waals surface area contributed by atoms with Crippen LogP contribution < -0.4 is 14.8 Å². The van der Waals surface area contributed by atoms with Gasteiger partial charge < -0.3 is 14.8 Å². The second-order valence-electron chi connectivity index (χ2n) is 10.1. The molecule has 1 N–H and O–H groups in total. The molecule has 3 aromatic rings. The molecule has 0 atom stereocenters. The van der Waals surface area contributed by atoms with E-state index in [0.29, 0.717) is 12.3 Å². The summed E-state index contributed by atoms with van der Waals surface area (Å²) in [7, 11) is 0. The van der Waals surface area contributed by atoms with Crippen LogP contribution in [-0.2, 0) is 23.2 Å². The first-order valence-electron chi connectivity index (χ1n) is 12.3. The molecule has 0 radical (unpaired) electrons. The normalized spacial score (nSPS) is 15.5. The fraction of sp³-hybridized carbons (Fsp3) is 0.367. The van der Waals surface area contributed by atoms with E-state index in [4.69, 9.17) is 9.47 Å². The van der Waals surface area contributed by atoms with Gasteiger partial charge in [0.05, 0.1) is 5.41 Å². The van der Waals surface area contributed by atoms with E-state index in [2.05, 4.69) is 68.6 Å². The molecular formula is C30H33NO3. The van der Waals surface area contributed by atoms with E-state index < -0.39 is 0 Å². The second-order valence-corrected chi connectivity index (χ2v) is 10.1. The van der Waals surface area contributed by atoms with Crippen molar-refractivity contribution in [2.24, 2.45) is 5.92 Å². The quantitative estimate of drug-likeness (QED) is 0.431. The summed E-state index contributed by atoms with van der Waals surface area (Å²) in [6, 6.07) is 21.1. The van der Waals surface area contributed by atoms with Gasteiger partial charge in [-0.1, -0.05) is 62.4 Å². The van der Waals surface area contributed by atoms with Crippen molar-refractivity contribution in [3.05, 3.63) is 82.9 Å². The van der Waals surface area contributed by atoms with E-state index in [-0.39, 0.29) is 18.0 Å². The highest BCUT2D eigenvalue weighted by Crippen LogP contribution is 2.51. The van der Waals surface area contributed by atoms with E-state index in [1.54, 1.807) is 0 Å². The number of Topliss-reactive ketones (excluding diaryl/α,β-unsaturated/α-hetero) is 1. The van der Waals surface area contributed by atoms with Crippen LogP contribution in [-0.4, -0.2) is 19.1 Å². The summed E-state index contributed by atoms with van der Waals surface area (Å²) in [5.41, 5.74) is 6.63. The lowest BCUT2D eigenvalue weighted by atomic mass is 9.87. The Balaban J connectivity index is 1.31. The number of carbonyl (C=O) groups is 1. The molecule has 1 heterocycles. The number of hydrogen-bond acceptors (Lipinski definition) is 4. The number of ketones is 1. The van der Waals surface area contributed by atoms with E-state index in [1.807, 2.05) is 18.2 Å². The molecule has 0 aromatic heterocycles. The van der Waals surface area contributed by atoms with Gasteiger partial charge in [0.25, 0.3) is 0 Å². The maximum absolute atomic E-state index is 13.4. The molecule has 0 saturated heterocycles. The topological polar surface area (TPSA) is 47.6 Å². The lowest BCUT2D eigenvalue weighted by molar-refractivity contribution is -0.120. The SMILES string of the molecule is Cc1ccc(CC(=O)C2(c3ccc4c(c3)OCO4)CC2)cc1-c1ccc(CNCC(C)C)cc1. The van der Waals surface area contributed by atoms with Crippen LogP contribution in [0.5, 0.6) is 11.5 Å². The second kappa shape index (κ2) is 9.27. The molecule has 4 nitrogen and oxygen atoms in total. The van der Waals surface area contributed by atoms with Gasteiger partial charge in [-0.05, 0) is 77.7 Å². The lowest BCUT2D eigenvalue weighted by Gasteiger charge is -2.16. The van der Waals surface area contributed by atoms with Crippen molar-refractivity contribution in [1.82, 2.24) is 5.32 Å². The average molecular weight is 456 g/mol. The molecule has 1 saturated carbocycles. The molecule has 1 aliphatic carbocycles. The van der Waals surface area contributed by atoms with Crippen LogP contribution in [0.2, 0.25) is 0 Å². The summed E-state index contributed by atoms with van der Waals surface area (Å²) < 4.78 is 11.0. The van der Waals surface area contributed by atoms with Gasteiger partial charge in [0.2, 0.25) is 6.79 Å². The fourth-order valence-corrected chi connectivity index (χ4v) is 4.80. The Kier molecular flexibility index (Phi) is 6.18. The van der Waals surface area contributed by atoms with E-state index in [1.165, 1.54) is 22.3 Å². The lowest BCUT2D eigenvalue weighted by Crippen LogP contribution is -2.22. The molecule has 0 bridgehead atoms. The molecule has 34 heavy (non-hydrogen) atoms. The number of aryl methyl sites for hydroxylation is 1. The molecule has 5 rings (SSSR count). The summed E-state index contributed by atoms with van der Waals surface area (Å²) in [6.07, 6.45) is 2.24. The highest BCUT2D eigenvalue weighted by Gasteiger charge is 2.50. The van der Waals surface area contributed by atoms with Crippen LogP contribution in [0.4, 0.5) is 0 Å². The Labute approximate surface area is 202 Å². The van der Waals surface area contributed by atoms with Crippen molar-refractivity contribution in [2.45, 2.75) is 52.0 Å². The zero-order valence-corrected chi connectivity index (χ0v) is 20.3. The van der Waals surface area contributed by atoms with E-state index >= 15 is 0 Å². The Morgan fingerprint density at radius 2 is 1.68 bits per heavy atom. The minimum absolute atomic E-state index is 0.251. The minimum Gasteiger partial charge on any atom is -0.454 e. The number of ether oxygens (including phenoxy) is 2. The molecule has 0 unspecified atom stereocenters. The summed E-state index contributed by atoms with van der Waals surface area (Å²) in [5.74, 6) is 2.44. The first kappa shape index (κ1) is 22.7. The van der Waals surface area contributed by atoms with Gasteiger partial charge in [-0.3, -0.25) is 4.79 Å². The largest absolute Gasteiger partial charge is 0.454 e. The van der Waals surface area contributed by atoms with Crippen LogP contribution >= 0.6 is 0 Å². The Hall–Kier alpha value is -3.11. The number of rotatable bonds is 9. The van der Waals surface area contributed by atoms with E-state index in [0.717, 1.165) is 48.6 Å². The van der Waals surface area contributed by atoms with Gasteiger partial charge in [-0.2, -0.15) is 0 Å². The van der Waals surface area contributed by atoms with Crippen molar-refractivity contribution >= 4 is 5.78 Å². The van der Waals surface area contributed by atoms with Crippen LogP contribution in [0.3, 0.4) is 0 Å². The minimum atomic E-state index is -0.378. The zero-order valence-electron chi connectivity index (χ0n) is 20.3. The molecule has 0 amide bonds. The maximum Gasteiger partial charge on any atom is 0.231 e. The predicted octanol–water partition coefficient (Wildman–Crippen LogP) is 5.98. The van der Waals surface area contributed by atoms with Gasteiger partial charge in [0.15, 0.2) is 11.5 Å². The van der Waals surface area contributed by atoms with Crippen LogP contribution in [0, 0.1) is 12.8 Å². The molecule has 0 spiro atoms. The van der Waals surface area contributed by atoms with Gasteiger partial charge >= 0.3 is 0 Å². The summed E-state index contributed by atoms with van der Waals surface area (Å²) >= 11 is 0. The molecule has 1 aliphatic heterocycles. The van der Waals surface area contributed by atoms with Crippen molar-refractivity contribution in [1.29, 1.82) is 0 Å². The van der Waals surface area contributed by atoms with Crippen molar-refractivity contribution < 1.29 is 14.3 Å². The smallest absolute Gasteiger partial charge is 0.231 e. The first-order chi connectivity index (χ1) is 16.4. The monoisotopic (exact) mass is 455 g/mol. The number of fused-ring (bicyclic) bond motifs is 1. The van der Waals surface area contributed by atoms with Crippen molar-refractivity contribution in [2.75, 3.05) is 13.3 Å². The van der Waals surface area contributed by atoms with Gasteiger partial charge in [-0.25, -0.2) is 0 Å². The number of carbonyl (C=O) groups excluding carboxylic acids is 1. The highest BCUT2D eigenvalue weighted by atomic mass is 16.7. The van der Waals surface area contributed by atoms with E-state index in [9.17, 15) is 4.79 Å². The Morgan fingerprint density at radius 3 is 2.41 bits per heavy atom. The third kappa shape index (κ3) is 4.60. The Bertz CT molecular complexity index is 1190.